The van der Waals surface area contributed by atoms with Gasteiger partial charge in [0.1, 0.15) is 19.2 Å². The predicted molar refractivity (Wildman–Crippen MR) is 88.5 cm³/mol. The molecule has 6 heteroatoms. The van der Waals surface area contributed by atoms with Gasteiger partial charge in [-0.25, -0.2) is 9.67 Å². The Morgan fingerprint density at radius 2 is 2.08 bits per heavy atom. The highest BCUT2D eigenvalue weighted by atomic mass is 16.5. The molecule has 0 saturated carbocycles. The molecule has 2 atom stereocenters. The van der Waals surface area contributed by atoms with E-state index >= 15 is 0 Å². The third kappa shape index (κ3) is 2.84. The summed E-state index contributed by atoms with van der Waals surface area (Å²) < 4.78 is 7.15. The molecule has 1 aliphatic rings. The van der Waals surface area contributed by atoms with E-state index in [1.807, 2.05) is 0 Å². The van der Waals surface area contributed by atoms with Crippen molar-refractivity contribution in [3.8, 4) is 0 Å². The van der Waals surface area contributed by atoms with E-state index in [4.69, 9.17) is 4.52 Å². The number of hydrogen-bond acceptors (Lipinski definition) is 5. The van der Waals surface area contributed by atoms with Gasteiger partial charge in [-0.2, -0.15) is 10.1 Å². The third-order valence-electron chi connectivity index (χ3n) is 4.88. The Hall–Kier alpha value is -2.50. The average Bonchev–Trinajstić information content (AvgIpc) is 3.29. The first-order valence-corrected chi connectivity index (χ1v) is 8.43. The summed E-state index contributed by atoms with van der Waals surface area (Å²) in [4.78, 5) is 8.45. The zero-order chi connectivity index (χ0) is 16.5. The fraction of sp³-hybridized carbons (Fsp3) is 0.444. The zero-order valence-corrected chi connectivity index (χ0v) is 14.0. The first kappa shape index (κ1) is 15.1. The van der Waals surface area contributed by atoms with Gasteiger partial charge >= 0.3 is 0 Å². The highest BCUT2D eigenvalue weighted by Crippen LogP contribution is 2.46. The Bertz CT molecular complexity index is 808. The van der Waals surface area contributed by atoms with Crippen LogP contribution in [-0.2, 0) is 13.0 Å². The molecule has 0 aliphatic heterocycles. The maximum Gasteiger partial charge on any atom is 0.227 e. The van der Waals surface area contributed by atoms with E-state index in [1.54, 1.807) is 11.0 Å². The largest absolute Gasteiger partial charge is 0.339 e. The Labute approximate surface area is 140 Å². The zero-order valence-electron chi connectivity index (χ0n) is 14.0. The van der Waals surface area contributed by atoms with Crippen molar-refractivity contribution >= 4 is 0 Å². The van der Waals surface area contributed by atoms with Gasteiger partial charge in [-0.1, -0.05) is 43.3 Å². The SMILES string of the molecule is CC(C)[C@@H]1C[C@@H](Cc2nc(Cn3cncn3)no2)c2ccccc21. The van der Waals surface area contributed by atoms with Crippen molar-refractivity contribution in [3.63, 3.8) is 0 Å². The quantitative estimate of drug-likeness (QED) is 0.721. The summed E-state index contributed by atoms with van der Waals surface area (Å²) in [6, 6.07) is 8.77. The Morgan fingerprint density at radius 1 is 1.25 bits per heavy atom. The van der Waals surface area contributed by atoms with Crippen LogP contribution in [0.4, 0.5) is 0 Å². The fourth-order valence-electron chi connectivity index (χ4n) is 3.71. The van der Waals surface area contributed by atoms with Gasteiger partial charge in [0.25, 0.3) is 0 Å². The minimum atomic E-state index is 0.452. The van der Waals surface area contributed by atoms with Crippen LogP contribution in [-0.4, -0.2) is 24.9 Å². The Morgan fingerprint density at radius 3 is 2.83 bits per heavy atom. The maximum absolute atomic E-state index is 5.46. The van der Waals surface area contributed by atoms with Crippen molar-refractivity contribution < 1.29 is 4.52 Å². The minimum Gasteiger partial charge on any atom is -0.339 e. The van der Waals surface area contributed by atoms with Crippen molar-refractivity contribution in [2.45, 2.75) is 45.1 Å². The van der Waals surface area contributed by atoms with Crippen molar-refractivity contribution in [1.29, 1.82) is 0 Å². The summed E-state index contributed by atoms with van der Waals surface area (Å²) in [5, 5.41) is 8.14. The van der Waals surface area contributed by atoms with Crippen LogP contribution >= 0.6 is 0 Å². The van der Waals surface area contributed by atoms with Crippen LogP contribution in [0.1, 0.15) is 54.9 Å². The molecule has 1 aromatic carbocycles. The second-order valence-corrected chi connectivity index (χ2v) is 6.81. The number of hydrogen-bond donors (Lipinski definition) is 0. The van der Waals surface area contributed by atoms with Gasteiger partial charge in [-0.05, 0) is 35.3 Å². The van der Waals surface area contributed by atoms with E-state index in [9.17, 15) is 0 Å². The smallest absolute Gasteiger partial charge is 0.227 e. The lowest BCUT2D eigenvalue weighted by Crippen LogP contribution is -2.04. The van der Waals surface area contributed by atoms with Gasteiger partial charge in [0.15, 0.2) is 5.82 Å². The Kier molecular flexibility index (Phi) is 3.88. The molecule has 1 aliphatic carbocycles. The molecule has 124 valence electrons. The molecule has 0 fully saturated rings. The monoisotopic (exact) mass is 323 g/mol. The fourth-order valence-corrected chi connectivity index (χ4v) is 3.71. The molecular formula is C18H21N5O. The average molecular weight is 323 g/mol. The van der Waals surface area contributed by atoms with Gasteiger partial charge in [-0.15, -0.1) is 0 Å². The summed E-state index contributed by atoms with van der Waals surface area (Å²) in [5.41, 5.74) is 2.92. The first-order valence-electron chi connectivity index (χ1n) is 8.43. The van der Waals surface area contributed by atoms with Crippen molar-refractivity contribution in [2.24, 2.45) is 5.92 Å². The summed E-state index contributed by atoms with van der Waals surface area (Å²) in [5.74, 6) is 3.05. The molecular weight excluding hydrogens is 302 g/mol. The summed E-state index contributed by atoms with van der Waals surface area (Å²) in [6.45, 7) is 5.08. The second-order valence-electron chi connectivity index (χ2n) is 6.81. The van der Waals surface area contributed by atoms with E-state index < -0.39 is 0 Å². The van der Waals surface area contributed by atoms with Crippen LogP contribution in [0.5, 0.6) is 0 Å². The molecule has 3 aromatic rings. The number of benzene rings is 1. The van der Waals surface area contributed by atoms with Gasteiger partial charge in [-0.3, -0.25) is 0 Å². The number of rotatable bonds is 5. The lowest BCUT2D eigenvalue weighted by Gasteiger charge is -2.15. The van der Waals surface area contributed by atoms with Crippen LogP contribution < -0.4 is 0 Å². The van der Waals surface area contributed by atoms with Crippen molar-refractivity contribution in [3.05, 3.63) is 59.8 Å². The topological polar surface area (TPSA) is 69.6 Å². The van der Waals surface area contributed by atoms with E-state index in [2.05, 4.69) is 58.3 Å². The second kappa shape index (κ2) is 6.19. The van der Waals surface area contributed by atoms with Crippen LogP contribution in [0.25, 0.3) is 0 Å². The molecule has 0 saturated heterocycles. The molecule has 0 bridgehead atoms. The van der Waals surface area contributed by atoms with Gasteiger partial charge in [0, 0.05) is 6.42 Å². The number of fused-ring (bicyclic) bond motifs is 1. The Balaban J connectivity index is 1.51. The molecule has 4 rings (SSSR count). The van der Waals surface area contributed by atoms with Crippen LogP contribution in [0.2, 0.25) is 0 Å². The number of nitrogens with zero attached hydrogens (tertiary/aromatic N) is 5. The van der Waals surface area contributed by atoms with E-state index in [0.29, 0.717) is 36.0 Å². The van der Waals surface area contributed by atoms with Crippen molar-refractivity contribution in [2.75, 3.05) is 0 Å². The first-order chi connectivity index (χ1) is 11.7. The summed E-state index contributed by atoms with van der Waals surface area (Å²) in [7, 11) is 0. The van der Waals surface area contributed by atoms with Gasteiger partial charge in [0.05, 0.1) is 0 Å². The molecule has 0 spiro atoms. The lowest BCUT2D eigenvalue weighted by atomic mass is 9.89. The van der Waals surface area contributed by atoms with Crippen molar-refractivity contribution in [1.82, 2.24) is 24.9 Å². The third-order valence-corrected chi connectivity index (χ3v) is 4.88. The van der Waals surface area contributed by atoms with Crippen LogP contribution in [0.15, 0.2) is 41.4 Å². The summed E-state index contributed by atoms with van der Waals surface area (Å²) in [6.07, 6.45) is 5.10. The van der Waals surface area contributed by atoms with E-state index in [1.165, 1.54) is 17.5 Å². The highest BCUT2D eigenvalue weighted by Gasteiger charge is 2.33. The molecule has 2 aromatic heterocycles. The van der Waals surface area contributed by atoms with Gasteiger partial charge < -0.3 is 4.52 Å². The van der Waals surface area contributed by atoms with Crippen LogP contribution in [0, 0.1) is 5.92 Å². The standard InChI is InChI=1S/C18H21N5O/c1-12(2)16-7-13(14-5-3-4-6-15(14)16)8-18-21-17(22-24-18)9-23-11-19-10-20-23/h3-6,10-13,16H,7-9H2,1-2H3/t13-,16-/m0/s1. The molecule has 24 heavy (non-hydrogen) atoms. The molecule has 6 nitrogen and oxygen atoms in total. The molecule has 0 N–H and O–H groups in total. The normalized spacial score (nSPS) is 19.8. The number of aromatic nitrogens is 5. The van der Waals surface area contributed by atoms with E-state index in [-0.39, 0.29) is 0 Å². The molecule has 0 amide bonds. The highest BCUT2D eigenvalue weighted by molar-refractivity contribution is 5.39. The van der Waals surface area contributed by atoms with Gasteiger partial charge in [0.2, 0.25) is 5.89 Å². The minimum absolute atomic E-state index is 0.452. The molecule has 0 unspecified atom stereocenters. The van der Waals surface area contributed by atoms with Crippen LogP contribution in [0.3, 0.4) is 0 Å². The summed E-state index contributed by atoms with van der Waals surface area (Å²) >= 11 is 0. The van der Waals surface area contributed by atoms with E-state index in [0.717, 1.165) is 12.8 Å². The molecule has 2 heterocycles. The predicted octanol–water partition coefficient (Wildman–Crippen LogP) is 3.18. The molecule has 0 radical (unpaired) electrons. The maximum atomic E-state index is 5.46. The lowest BCUT2D eigenvalue weighted by molar-refractivity contribution is 0.357.